The van der Waals surface area contributed by atoms with Gasteiger partial charge in [0.1, 0.15) is 5.69 Å². The molecule has 0 spiro atoms. The lowest BCUT2D eigenvalue weighted by atomic mass is 10.3. The minimum absolute atomic E-state index is 0.417. The first-order valence-electron chi connectivity index (χ1n) is 7.19. The van der Waals surface area contributed by atoms with Crippen molar-refractivity contribution in [1.82, 2.24) is 20.0 Å². The fraction of sp³-hybridized carbons (Fsp3) is 0.429. The van der Waals surface area contributed by atoms with Crippen molar-refractivity contribution in [2.24, 2.45) is 10.7 Å². The Morgan fingerprint density at radius 1 is 1.32 bits per heavy atom. The molecule has 22 heavy (non-hydrogen) atoms. The molecule has 0 radical (unpaired) electrons. The van der Waals surface area contributed by atoms with Gasteiger partial charge >= 0.3 is 0 Å². The van der Waals surface area contributed by atoms with Crippen molar-refractivity contribution in [3.8, 4) is 11.6 Å². The smallest absolute Gasteiger partial charge is 0.276 e. The molecule has 8 heteroatoms. The van der Waals surface area contributed by atoms with Crippen molar-refractivity contribution in [1.29, 1.82) is 0 Å². The molecule has 0 bridgehead atoms. The van der Waals surface area contributed by atoms with Gasteiger partial charge in [-0.05, 0) is 12.1 Å². The first kappa shape index (κ1) is 14.5. The lowest BCUT2D eigenvalue weighted by Crippen LogP contribution is -2.44. The maximum Gasteiger partial charge on any atom is 0.276 e. The minimum atomic E-state index is 0.417. The van der Waals surface area contributed by atoms with Gasteiger partial charge in [-0.1, -0.05) is 11.2 Å². The molecule has 2 N–H and O–H groups in total. The topological polar surface area (TPSA) is 103 Å². The van der Waals surface area contributed by atoms with Gasteiger partial charge in [0.25, 0.3) is 5.89 Å². The third-order valence-electron chi connectivity index (χ3n) is 3.30. The second-order valence-corrected chi connectivity index (χ2v) is 4.82. The number of hydrogen-bond acceptors (Lipinski definition) is 6. The average molecular weight is 302 g/mol. The van der Waals surface area contributed by atoms with Crippen LogP contribution < -0.4 is 5.73 Å². The van der Waals surface area contributed by atoms with Crippen LogP contribution in [0, 0.1) is 0 Å². The summed E-state index contributed by atoms with van der Waals surface area (Å²) in [5.74, 6) is 1.55. The number of morpholine rings is 1. The van der Waals surface area contributed by atoms with Crippen LogP contribution in [0.1, 0.15) is 5.82 Å². The maximum atomic E-state index is 5.95. The Labute approximate surface area is 128 Å². The Hall–Kier alpha value is -2.48. The molecule has 0 aromatic carbocycles. The highest BCUT2D eigenvalue weighted by atomic mass is 16.5. The summed E-state index contributed by atoms with van der Waals surface area (Å²) < 4.78 is 10.5. The number of nitrogens with zero attached hydrogens (tertiary/aromatic N) is 5. The average Bonchev–Trinajstić information content (AvgIpc) is 3.05. The highest BCUT2D eigenvalue weighted by Crippen LogP contribution is 2.13. The number of hydrogen-bond donors (Lipinski definition) is 1. The SMILES string of the molecule is NC(=NCCc1noc(-c2ccccn2)n1)N1CCOCC1. The molecule has 0 amide bonds. The molecular formula is C14H18N6O2. The van der Waals surface area contributed by atoms with E-state index in [1.807, 2.05) is 23.1 Å². The summed E-state index contributed by atoms with van der Waals surface area (Å²) >= 11 is 0. The van der Waals surface area contributed by atoms with Crippen LogP contribution >= 0.6 is 0 Å². The van der Waals surface area contributed by atoms with Gasteiger partial charge < -0.3 is 19.9 Å². The number of nitrogens with two attached hydrogens (primary N) is 1. The molecule has 2 aromatic heterocycles. The molecule has 0 saturated carbocycles. The number of aromatic nitrogens is 3. The van der Waals surface area contributed by atoms with Gasteiger partial charge in [0.05, 0.1) is 13.2 Å². The second-order valence-electron chi connectivity index (χ2n) is 4.82. The third kappa shape index (κ3) is 3.59. The monoisotopic (exact) mass is 302 g/mol. The van der Waals surface area contributed by atoms with E-state index in [9.17, 15) is 0 Å². The van der Waals surface area contributed by atoms with E-state index in [4.69, 9.17) is 15.0 Å². The Balaban J connectivity index is 1.55. The van der Waals surface area contributed by atoms with Gasteiger partial charge in [-0.25, -0.2) is 0 Å². The van der Waals surface area contributed by atoms with E-state index in [1.165, 1.54) is 0 Å². The highest BCUT2D eigenvalue weighted by Gasteiger charge is 2.12. The molecule has 8 nitrogen and oxygen atoms in total. The third-order valence-corrected chi connectivity index (χ3v) is 3.30. The summed E-state index contributed by atoms with van der Waals surface area (Å²) in [6.45, 7) is 3.45. The van der Waals surface area contributed by atoms with E-state index < -0.39 is 0 Å². The van der Waals surface area contributed by atoms with E-state index in [0.29, 0.717) is 49.5 Å². The molecule has 116 valence electrons. The number of guanidine groups is 1. The molecule has 2 aromatic rings. The second kappa shape index (κ2) is 6.99. The quantitative estimate of drug-likeness (QED) is 0.641. The highest BCUT2D eigenvalue weighted by molar-refractivity contribution is 5.78. The Bertz CT molecular complexity index is 621. The van der Waals surface area contributed by atoms with Crippen molar-refractivity contribution in [3.05, 3.63) is 30.2 Å². The molecule has 1 fully saturated rings. The van der Waals surface area contributed by atoms with Gasteiger partial charge in [0.2, 0.25) is 0 Å². The number of aliphatic imine (C=N–C) groups is 1. The summed E-state index contributed by atoms with van der Waals surface area (Å²) in [4.78, 5) is 14.8. The molecule has 1 saturated heterocycles. The first-order valence-corrected chi connectivity index (χ1v) is 7.19. The zero-order valence-electron chi connectivity index (χ0n) is 12.2. The standard InChI is InChI=1S/C14H18N6O2/c15-14(20-7-9-21-10-8-20)17-6-4-12-18-13(22-19-12)11-3-1-2-5-16-11/h1-3,5H,4,6-10H2,(H2,15,17). The fourth-order valence-corrected chi connectivity index (χ4v) is 2.11. The van der Waals surface area contributed by atoms with E-state index >= 15 is 0 Å². The van der Waals surface area contributed by atoms with E-state index in [2.05, 4.69) is 20.1 Å². The number of ether oxygens (including phenoxy) is 1. The van der Waals surface area contributed by atoms with Gasteiger partial charge in [-0.3, -0.25) is 9.98 Å². The Morgan fingerprint density at radius 3 is 2.95 bits per heavy atom. The molecular weight excluding hydrogens is 284 g/mol. The van der Waals surface area contributed by atoms with Crippen molar-refractivity contribution in [2.45, 2.75) is 6.42 Å². The molecule has 3 rings (SSSR count). The summed E-state index contributed by atoms with van der Waals surface area (Å²) in [5.41, 5.74) is 6.62. The summed E-state index contributed by atoms with van der Waals surface area (Å²) in [6, 6.07) is 5.54. The predicted molar refractivity (Wildman–Crippen MR) is 80.1 cm³/mol. The van der Waals surface area contributed by atoms with Crippen LogP contribution in [0.3, 0.4) is 0 Å². The van der Waals surface area contributed by atoms with Crippen LogP contribution in [0.15, 0.2) is 33.9 Å². The minimum Gasteiger partial charge on any atom is -0.378 e. The largest absolute Gasteiger partial charge is 0.378 e. The Morgan fingerprint density at radius 2 is 2.18 bits per heavy atom. The predicted octanol–water partition coefficient (Wildman–Crippen LogP) is 0.321. The normalized spacial score (nSPS) is 16.0. The fourth-order valence-electron chi connectivity index (χ4n) is 2.11. The van der Waals surface area contributed by atoms with Gasteiger partial charge in [0, 0.05) is 32.3 Å². The zero-order valence-corrected chi connectivity index (χ0v) is 12.2. The summed E-state index contributed by atoms with van der Waals surface area (Å²) in [6.07, 6.45) is 2.26. The molecule has 0 atom stereocenters. The molecule has 0 unspecified atom stereocenters. The van der Waals surface area contributed by atoms with Crippen LogP contribution in [0.5, 0.6) is 0 Å². The number of pyridine rings is 1. The van der Waals surface area contributed by atoms with Crippen molar-refractivity contribution in [2.75, 3.05) is 32.8 Å². The maximum absolute atomic E-state index is 5.95. The van der Waals surface area contributed by atoms with Crippen LogP contribution in [0.2, 0.25) is 0 Å². The van der Waals surface area contributed by atoms with Crippen LogP contribution in [-0.2, 0) is 11.2 Å². The van der Waals surface area contributed by atoms with Crippen molar-refractivity contribution in [3.63, 3.8) is 0 Å². The molecule has 1 aliphatic heterocycles. The van der Waals surface area contributed by atoms with E-state index in [0.717, 1.165) is 13.1 Å². The van der Waals surface area contributed by atoms with Crippen molar-refractivity contribution >= 4 is 5.96 Å². The molecule has 0 aliphatic carbocycles. The van der Waals surface area contributed by atoms with Crippen LogP contribution in [0.25, 0.3) is 11.6 Å². The summed E-state index contributed by atoms with van der Waals surface area (Å²) in [5, 5.41) is 3.93. The Kier molecular flexibility index (Phi) is 4.59. The first-order chi connectivity index (χ1) is 10.8. The number of rotatable bonds is 4. The summed E-state index contributed by atoms with van der Waals surface area (Å²) in [7, 11) is 0. The molecule has 1 aliphatic rings. The zero-order chi connectivity index (χ0) is 15.2. The van der Waals surface area contributed by atoms with Gasteiger partial charge in [-0.15, -0.1) is 0 Å². The van der Waals surface area contributed by atoms with Crippen molar-refractivity contribution < 1.29 is 9.26 Å². The van der Waals surface area contributed by atoms with Crippen LogP contribution in [-0.4, -0.2) is 58.8 Å². The van der Waals surface area contributed by atoms with Gasteiger partial charge in [0.15, 0.2) is 11.8 Å². The van der Waals surface area contributed by atoms with Crippen LogP contribution in [0.4, 0.5) is 0 Å². The van der Waals surface area contributed by atoms with Gasteiger partial charge in [-0.2, -0.15) is 4.98 Å². The van der Waals surface area contributed by atoms with E-state index in [1.54, 1.807) is 6.20 Å². The molecule has 3 heterocycles. The lowest BCUT2D eigenvalue weighted by Gasteiger charge is -2.27. The lowest BCUT2D eigenvalue weighted by molar-refractivity contribution is 0.0674. The van der Waals surface area contributed by atoms with E-state index in [-0.39, 0.29) is 0 Å².